The van der Waals surface area contributed by atoms with Crippen molar-refractivity contribution < 1.29 is 19.4 Å². The molecule has 0 saturated carbocycles. The number of aliphatic hydroxyl groups excluding tert-OH is 1. The highest BCUT2D eigenvalue weighted by atomic mass is 16.5. The highest BCUT2D eigenvalue weighted by Gasteiger charge is 2.30. The second-order valence-electron chi connectivity index (χ2n) is 7.08. The molecule has 3 aromatic rings. The fourth-order valence-corrected chi connectivity index (χ4v) is 3.33. The summed E-state index contributed by atoms with van der Waals surface area (Å²) in [6.45, 7) is 0.228. The number of carbonyl (C=O) groups excluding carboxylic acids is 2. The zero-order valence-electron chi connectivity index (χ0n) is 16.8. The number of amides is 2. The Morgan fingerprint density at radius 1 is 0.871 bits per heavy atom. The fourth-order valence-electron chi connectivity index (χ4n) is 3.33. The van der Waals surface area contributed by atoms with Crippen LogP contribution in [-0.2, 0) is 16.2 Å². The normalized spacial score (nSPS) is 13.3. The Hall–Kier alpha value is -3.90. The summed E-state index contributed by atoms with van der Waals surface area (Å²) in [5.41, 5.74) is 3.96. The summed E-state index contributed by atoms with van der Waals surface area (Å²) in [5, 5.41) is 12.0. The van der Waals surface area contributed by atoms with Gasteiger partial charge in [0, 0.05) is 11.8 Å². The lowest BCUT2D eigenvalue weighted by atomic mass is 10.0. The SMILES string of the molecule is O=C1C=C(Nc2cccc(-c3ccc(OCc4ccccc4)cc3)c2)C(=O)N1CCO. The van der Waals surface area contributed by atoms with Gasteiger partial charge >= 0.3 is 0 Å². The van der Waals surface area contributed by atoms with Gasteiger partial charge in [-0.25, -0.2) is 0 Å². The van der Waals surface area contributed by atoms with Gasteiger partial charge in [-0.05, 0) is 41.0 Å². The Bertz CT molecular complexity index is 1110. The van der Waals surface area contributed by atoms with Crippen LogP contribution in [0.15, 0.2) is 90.6 Å². The molecule has 1 aliphatic heterocycles. The molecule has 0 bridgehead atoms. The van der Waals surface area contributed by atoms with E-state index in [-0.39, 0.29) is 18.8 Å². The number of nitrogens with one attached hydrogen (secondary N) is 1. The molecule has 2 N–H and O–H groups in total. The molecule has 0 spiro atoms. The molecule has 0 atom stereocenters. The van der Waals surface area contributed by atoms with Gasteiger partial charge < -0.3 is 15.2 Å². The number of imide groups is 1. The predicted octanol–water partition coefficient (Wildman–Crippen LogP) is 3.59. The number of ether oxygens (including phenoxy) is 1. The number of β-amino-alcohol motifs (C(OH)–C–C–N with tert-alkyl or cyclic N) is 1. The first-order chi connectivity index (χ1) is 15.1. The zero-order valence-corrected chi connectivity index (χ0v) is 16.8. The summed E-state index contributed by atoms with van der Waals surface area (Å²) in [4.78, 5) is 25.2. The van der Waals surface area contributed by atoms with Gasteiger partial charge in [0.25, 0.3) is 11.8 Å². The molecule has 31 heavy (non-hydrogen) atoms. The van der Waals surface area contributed by atoms with Gasteiger partial charge in [-0.2, -0.15) is 0 Å². The number of rotatable bonds is 8. The standard InChI is InChI=1S/C25H22N2O4/c28-14-13-27-24(29)16-23(25(27)30)26-21-8-4-7-20(15-21)19-9-11-22(12-10-19)31-17-18-5-2-1-3-6-18/h1-12,15-16,26,28H,13-14,17H2. The first kappa shape index (κ1) is 20.4. The number of anilines is 1. The minimum absolute atomic E-state index is 0.0158. The second-order valence-corrected chi connectivity index (χ2v) is 7.08. The molecule has 0 radical (unpaired) electrons. The molecule has 1 heterocycles. The summed E-state index contributed by atoms with van der Waals surface area (Å²) < 4.78 is 5.84. The van der Waals surface area contributed by atoms with Crippen LogP contribution >= 0.6 is 0 Å². The predicted molar refractivity (Wildman–Crippen MR) is 118 cm³/mol. The fraction of sp³-hybridized carbons (Fsp3) is 0.120. The first-order valence-electron chi connectivity index (χ1n) is 9.97. The van der Waals surface area contributed by atoms with E-state index in [0.717, 1.165) is 27.3 Å². The van der Waals surface area contributed by atoms with E-state index in [2.05, 4.69) is 5.32 Å². The maximum atomic E-state index is 12.3. The van der Waals surface area contributed by atoms with Gasteiger partial charge in [0.05, 0.1) is 13.2 Å². The molecule has 1 aliphatic rings. The second kappa shape index (κ2) is 9.28. The molecular weight excluding hydrogens is 392 g/mol. The lowest BCUT2D eigenvalue weighted by Gasteiger charge is -2.14. The first-order valence-corrected chi connectivity index (χ1v) is 9.97. The summed E-state index contributed by atoms with van der Waals surface area (Å²) in [5.74, 6) is -0.0840. The zero-order chi connectivity index (χ0) is 21.6. The van der Waals surface area contributed by atoms with E-state index in [9.17, 15) is 9.59 Å². The summed E-state index contributed by atoms with van der Waals surface area (Å²) in [6, 6.07) is 25.4. The molecule has 2 amide bonds. The van der Waals surface area contributed by atoms with Gasteiger partial charge in [0.2, 0.25) is 0 Å². The van der Waals surface area contributed by atoms with Crippen molar-refractivity contribution in [3.05, 3.63) is 96.2 Å². The van der Waals surface area contributed by atoms with Crippen molar-refractivity contribution in [3.8, 4) is 16.9 Å². The lowest BCUT2D eigenvalue weighted by molar-refractivity contribution is -0.137. The lowest BCUT2D eigenvalue weighted by Crippen LogP contribution is -2.34. The quantitative estimate of drug-likeness (QED) is 0.551. The Labute approximate surface area is 180 Å². The van der Waals surface area contributed by atoms with Crippen LogP contribution in [0, 0.1) is 0 Å². The van der Waals surface area contributed by atoms with Crippen molar-refractivity contribution in [1.29, 1.82) is 0 Å². The molecule has 0 fully saturated rings. The van der Waals surface area contributed by atoms with Crippen molar-refractivity contribution >= 4 is 17.5 Å². The van der Waals surface area contributed by atoms with Gasteiger partial charge in [0.15, 0.2) is 0 Å². The molecule has 0 aliphatic carbocycles. The van der Waals surface area contributed by atoms with E-state index < -0.39 is 11.8 Å². The number of aliphatic hydroxyl groups is 1. The number of carbonyl (C=O) groups is 2. The molecule has 6 heteroatoms. The summed E-state index contributed by atoms with van der Waals surface area (Å²) >= 11 is 0. The van der Waals surface area contributed by atoms with E-state index in [0.29, 0.717) is 12.3 Å². The van der Waals surface area contributed by atoms with E-state index in [1.165, 1.54) is 6.08 Å². The van der Waals surface area contributed by atoms with Gasteiger partial charge in [-0.15, -0.1) is 0 Å². The molecule has 0 unspecified atom stereocenters. The minimum Gasteiger partial charge on any atom is -0.489 e. The van der Waals surface area contributed by atoms with E-state index in [1.54, 1.807) is 0 Å². The van der Waals surface area contributed by atoms with E-state index in [1.807, 2.05) is 78.9 Å². The maximum Gasteiger partial charge on any atom is 0.277 e. The van der Waals surface area contributed by atoms with Crippen LogP contribution in [0.5, 0.6) is 5.75 Å². The smallest absolute Gasteiger partial charge is 0.277 e. The summed E-state index contributed by atoms with van der Waals surface area (Å²) in [6.07, 6.45) is 1.25. The van der Waals surface area contributed by atoms with E-state index in [4.69, 9.17) is 9.84 Å². The molecule has 0 aromatic heterocycles. The Morgan fingerprint density at radius 2 is 1.65 bits per heavy atom. The number of hydrogen-bond acceptors (Lipinski definition) is 5. The van der Waals surface area contributed by atoms with Gasteiger partial charge in [-0.3, -0.25) is 14.5 Å². The van der Waals surface area contributed by atoms with Crippen LogP contribution < -0.4 is 10.1 Å². The van der Waals surface area contributed by atoms with Crippen molar-refractivity contribution in [2.24, 2.45) is 0 Å². The van der Waals surface area contributed by atoms with Crippen molar-refractivity contribution in [1.82, 2.24) is 4.90 Å². The van der Waals surface area contributed by atoms with Crippen LogP contribution in [0.25, 0.3) is 11.1 Å². The average molecular weight is 414 g/mol. The maximum absolute atomic E-state index is 12.3. The van der Waals surface area contributed by atoms with E-state index >= 15 is 0 Å². The number of benzene rings is 3. The third-order valence-electron chi connectivity index (χ3n) is 4.91. The molecule has 4 rings (SSSR count). The van der Waals surface area contributed by atoms with Crippen LogP contribution in [-0.4, -0.2) is 35.0 Å². The van der Waals surface area contributed by atoms with Crippen LogP contribution in [0.3, 0.4) is 0 Å². The Balaban J connectivity index is 1.43. The van der Waals surface area contributed by atoms with Crippen molar-refractivity contribution in [2.45, 2.75) is 6.61 Å². The van der Waals surface area contributed by atoms with Crippen molar-refractivity contribution in [3.63, 3.8) is 0 Å². The number of nitrogens with zero attached hydrogens (tertiary/aromatic N) is 1. The van der Waals surface area contributed by atoms with Crippen LogP contribution in [0.1, 0.15) is 5.56 Å². The minimum atomic E-state index is -0.440. The van der Waals surface area contributed by atoms with Gasteiger partial charge in [-0.1, -0.05) is 54.6 Å². The molecule has 156 valence electrons. The van der Waals surface area contributed by atoms with Gasteiger partial charge in [0.1, 0.15) is 18.1 Å². The summed E-state index contributed by atoms with van der Waals surface area (Å²) in [7, 11) is 0. The Kier molecular flexibility index (Phi) is 6.10. The Morgan fingerprint density at radius 3 is 2.39 bits per heavy atom. The van der Waals surface area contributed by atoms with Crippen LogP contribution in [0.2, 0.25) is 0 Å². The van der Waals surface area contributed by atoms with Crippen LogP contribution in [0.4, 0.5) is 5.69 Å². The average Bonchev–Trinajstić information content (AvgIpc) is 3.06. The molecule has 0 saturated heterocycles. The molecular formula is C25H22N2O4. The molecule has 3 aromatic carbocycles. The highest BCUT2D eigenvalue weighted by molar-refractivity contribution is 6.17. The monoisotopic (exact) mass is 414 g/mol. The third kappa shape index (κ3) is 4.82. The largest absolute Gasteiger partial charge is 0.489 e. The molecule has 6 nitrogen and oxygen atoms in total. The highest BCUT2D eigenvalue weighted by Crippen LogP contribution is 2.26. The third-order valence-corrected chi connectivity index (χ3v) is 4.91. The topological polar surface area (TPSA) is 78.9 Å². The number of hydrogen-bond donors (Lipinski definition) is 2. The van der Waals surface area contributed by atoms with Crippen molar-refractivity contribution in [2.75, 3.05) is 18.5 Å².